The smallest absolute Gasteiger partial charge is 0.209 e. The maximum Gasteiger partial charge on any atom is 0.209 e. The van der Waals surface area contributed by atoms with Crippen LogP contribution >= 0.6 is 11.5 Å². The molecule has 0 saturated carbocycles. The molecule has 4 nitrogen and oxygen atoms in total. The summed E-state index contributed by atoms with van der Waals surface area (Å²) in [4.78, 5) is 6.86. The zero-order valence-electron chi connectivity index (χ0n) is 12.2. The zero-order valence-corrected chi connectivity index (χ0v) is 13.0. The Kier molecular flexibility index (Phi) is 5.49. The highest BCUT2D eigenvalue weighted by molar-refractivity contribution is 7.09. The maximum absolute atomic E-state index is 5.65. The van der Waals surface area contributed by atoms with Crippen LogP contribution in [0.4, 0.5) is 10.8 Å². The topological polar surface area (TPSA) is 55.0 Å². The molecule has 0 aliphatic heterocycles. The number of nitrogens with zero attached hydrogens (tertiary/aromatic N) is 3. The molecular weight excluding hydrogens is 268 g/mol. The SMILES string of the molecule is CCCc1nsc(N(CCCN)c2ccc(C)cc2)n1. The van der Waals surface area contributed by atoms with Crippen LogP contribution in [0.2, 0.25) is 0 Å². The standard InChI is InChI=1S/C15H22N4S/c1-3-5-14-17-15(20-18-14)19(11-4-10-16)13-8-6-12(2)7-9-13/h6-9H,3-5,10-11,16H2,1-2H3. The van der Waals surface area contributed by atoms with Gasteiger partial charge in [-0.2, -0.15) is 4.37 Å². The van der Waals surface area contributed by atoms with Crippen molar-refractivity contribution in [2.75, 3.05) is 18.0 Å². The minimum Gasteiger partial charge on any atom is -0.330 e. The molecule has 0 fully saturated rings. The van der Waals surface area contributed by atoms with Crippen molar-refractivity contribution in [3.8, 4) is 0 Å². The predicted octanol–water partition coefficient (Wildman–Crippen LogP) is 3.29. The predicted molar refractivity (Wildman–Crippen MR) is 85.8 cm³/mol. The average Bonchev–Trinajstić information content (AvgIpc) is 2.90. The molecule has 0 unspecified atom stereocenters. The molecular formula is C15H22N4S. The lowest BCUT2D eigenvalue weighted by molar-refractivity contribution is 0.808. The van der Waals surface area contributed by atoms with Gasteiger partial charge in [0.15, 0.2) is 0 Å². The van der Waals surface area contributed by atoms with Gasteiger partial charge in [-0.05, 0) is 38.4 Å². The van der Waals surface area contributed by atoms with E-state index in [4.69, 9.17) is 5.73 Å². The van der Waals surface area contributed by atoms with E-state index in [-0.39, 0.29) is 0 Å². The molecule has 1 heterocycles. The Hall–Kier alpha value is -1.46. The highest BCUT2D eigenvalue weighted by Gasteiger charge is 2.14. The Morgan fingerprint density at radius 3 is 2.65 bits per heavy atom. The summed E-state index contributed by atoms with van der Waals surface area (Å²) in [5, 5.41) is 0.964. The van der Waals surface area contributed by atoms with Crippen LogP contribution in [0.5, 0.6) is 0 Å². The van der Waals surface area contributed by atoms with E-state index in [2.05, 4.69) is 52.4 Å². The second kappa shape index (κ2) is 7.36. The molecule has 0 bridgehead atoms. The van der Waals surface area contributed by atoms with Crippen molar-refractivity contribution in [1.82, 2.24) is 9.36 Å². The third kappa shape index (κ3) is 3.77. The number of hydrogen-bond acceptors (Lipinski definition) is 5. The van der Waals surface area contributed by atoms with Crippen LogP contribution in [0.15, 0.2) is 24.3 Å². The van der Waals surface area contributed by atoms with Crippen LogP contribution in [0.1, 0.15) is 31.2 Å². The van der Waals surface area contributed by atoms with Crippen molar-refractivity contribution >= 4 is 22.4 Å². The number of anilines is 2. The van der Waals surface area contributed by atoms with Crippen LogP contribution in [0, 0.1) is 6.92 Å². The summed E-state index contributed by atoms with van der Waals surface area (Å²) in [6.45, 7) is 5.80. The van der Waals surface area contributed by atoms with Gasteiger partial charge in [-0.1, -0.05) is 24.6 Å². The van der Waals surface area contributed by atoms with Crippen molar-refractivity contribution < 1.29 is 0 Å². The maximum atomic E-state index is 5.65. The lowest BCUT2D eigenvalue weighted by atomic mass is 10.2. The van der Waals surface area contributed by atoms with Gasteiger partial charge in [0.05, 0.1) is 0 Å². The Morgan fingerprint density at radius 1 is 1.25 bits per heavy atom. The van der Waals surface area contributed by atoms with Gasteiger partial charge in [-0.3, -0.25) is 0 Å². The van der Waals surface area contributed by atoms with E-state index in [1.54, 1.807) is 0 Å². The molecule has 0 atom stereocenters. The van der Waals surface area contributed by atoms with Gasteiger partial charge in [0.1, 0.15) is 5.82 Å². The minimum atomic E-state index is 0.684. The van der Waals surface area contributed by atoms with E-state index >= 15 is 0 Å². The van der Waals surface area contributed by atoms with Gasteiger partial charge >= 0.3 is 0 Å². The summed E-state index contributed by atoms with van der Waals surface area (Å²) in [6.07, 6.45) is 2.95. The molecule has 0 amide bonds. The third-order valence-electron chi connectivity index (χ3n) is 3.09. The van der Waals surface area contributed by atoms with E-state index in [0.717, 1.165) is 42.5 Å². The normalized spacial score (nSPS) is 10.8. The first-order valence-corrected chi connectivity index (χ1v) is 7.88. The molecule has 5 heteroatoms. The zero-order chi connectivity index (χ0) is 14.4. The summed E-state index contributed by atoms with van der Waals surface area (Å²) in [6, 6.07) is 8.51. The highest BCUT2D eigenvalue weighted by Crippen LogP contribution is 2.27. The Labute approximate surface area is 124 Å². The van der Waals surface area contributed by atoms with E-state index in [9.17, 15) is 0 Å². The van der Waals surface area contributed by atoms with E-state index in [1.165, 1.54) is 17.1 Å². The third-order valence-corrected chi connectivity index (χ3v) is 3.87. The lowest BCUT2D eigenvalue weighted by Gasteiger charge is -2.21. The molecule has 2 aromatic rings. The van der Waals surface area contributed by atoms with Gasteiger partial charge in [-0.25, -0.2) is 4.98 Å². The Balaban J connectivity index is 2.23. The first-order chi connectivity index (χ1) is 9.74. The monoisotopic (exact) mass is 290 g/mol. The lowest BCUT2D eigenvalue weighted by Crippen LogP contribution is -2.20. The molecule has 0 aliphatic rings. The van der Waals surface area contributed by atoms with Crippen molar-refractivity contribution in [3.05, 3.63) is 35.7 Å². The molecule has 0 spiro atoms. The molecule has 0 saturated heterocycles. The summed E-state index contributed by atoms with van der Waals surface area (Å²) < 4.78 is 4.44. The quantitative estimate of drug-likeness (QED) is 0.850. The van der Waals surface area contributed by atoms with Crippen LogP contribution in [-0.2, 0) is 6.42 Å². The van der Waals surface area contributed by atoms with Crippen LogP contribution in [0.25, 0.3) is 0 Å². The molecule has 2 N–H and O–H groups in total. The molecule has 1 aromatic carbocycles. The molecule has 0 aliphatic carbocycles. The minimum absolute atomic E-state index is 0.684. The van der Waals surface area contributed by atoms with Crippen LogP contribution < -0.4 is 10.6 Å². The second-order valence-electron chi connectivity index (χ2n) is 4.87. The van der Waals surface area contributed by atoms with E-state index in [1.807, 2.05) is 0 Å². The fourth-order valence-electron chi connectivity index (χ4n) is 1.99. The van der Waals surface area contributed by atoms with Crippen molar-refractivity contribution in [3.63, 3.8) is 0 Å². The number of aromatic nitrogens is 2. The number of rotatable bonds is 7. The molecule has 2 rings (SSSR count). The first-order valence-electron chi connectivity index (χ1n) is 7.11. The molecule has 20 heavy (non-hydrogen) atoms. The summed E-state index contributed by atoms with van der Waals surface area (Å²) in [5.74, 6) is 0.942. The van der Waals surface area contributed by atoms with Gasteiger partial charge in [0.2, 0.25) is 5.13 Å². The molecule has 108 valence electrons. The van der Waals surface area contributed by atoms with Gasteiger partial charge in [0, 0.05) is 30.2 Å². The Bertz CT molecular complexity index is 521. The molecule has 1 aromatic heterocycles. The first kappa shape index (κ1) is 14.9. The summed E-state index contributed by atoms with van der Waals surface area (Å²) in [5.41, 5.74) is 8.07. The van der Waals surface area contributed by atoms with Gasteiger partial charge in [-0.15, -0.1) is 0 Å². The number of hydrogen-bond donors (Lipinski definition) is 1. The van der Waals surface area contributed by atoms with Gasteiger partial charge < -0.3 is 10.6 Å². The number of benzene rings is 1. The van der Waals surface area contributed by atoms with Crippen molar-refractivity contribution in [2.45, 2.75) is 33.1 Å². The summed E-state index contributed by atoms with van der Waals surface area (Å²) >= 11 is 1.47. The largest absolute Gasteiger partial charge is 0.330 e. The van der Waals surface area contributed by atoms with Crippen LogP contribution in [-0.4, -0.2) is 22.4 Å². The average molecular weight is 290 g/mol. The van der Waals surface area contributed by atoms with Gasteiger partial charge in [0.25, 0.3) is 0 Å². The van der Waals surface area contributed by atoms with E-state index < -0.39 is 0 Å². The number of aryl methyl sites for hydroxylation is 2. The highest BCUT2D eigenvalue weighted by atomic mass is 32.1. The number of nitrogens with two attached hydrogens (primary N) is 1. The Morgan fingerprint density at radius 2 is 2.00 bits per heavy atom. The van der Waals surface area contributed by atoms with Crippen molar-refractivity contribution in [2.24, 2.45) is 5.73 Å². The summed E-state index contributed by atoms with van der Waals surface area (Å²) in [7, 11) is 0. The fraction of sp³-hybridized carbons (Fsp3) is 0.467. The van der Waals surface area contributed by atoms with Crippen LogP contribution in [0.3, 0.4) is 0 Å². The molecule has 0 radical (unpaired) electrons. The second-order valence-corrected chi connectivity index (χ2v) is 5.60. The fourth-order valence-corrected chi connectivity index (χ4v) is 2.75. The van der Waals surface area contributed by atoms with E-state index in [0.29, 0.717) is 6.54 Å². The van der Waals surface area contributed by atoms with Crippen molar-refractivity contribution in [1.29, 1.82) is 0 Å².